The van der Waals surface area contributed by atoms with Gasteiger partial charge in [-0.2, -0.15) is 5.10 Å². The van der Waals surface area contributed by atoms with Gasteiger partial charge in [0.05, 0.1) is 24.4 Å². The Hall–Kier alpha value is -1.41. The third-order valence-corrected chi connectivity index (χ3v) is 6.03. The lowest BCUT2D eigenvalue weighted by Crippen LogP contribution is -2.42. The lowest BCUT2D eigenvalue weighted by atomic mass is 10.2. The van der Waals surface area contributed by atoms with Gasteiger partial charge >= 0.3 is 0 Å². The van der Waals surface area contributed by atoms with Crippen molar-refractivity contribution in [1.29, 1.82) is 0 Å². The minimum absolute atomic E-state index is 0.0281. The summed E-state index contributed by atoms with van der Waals surface area (Å²) in [6.07, 6.45) is 6.76. The molecule has 2 saturated heterocycles. The molecule has 0 aliphatic carbocycles. The van der Waals surface area contributed by atoms with Crippen molar-refractivity contribution in [3.8, 4) is 0 Å². The molecule has 3 heterocycles. The van der Waals surface area contributed by atoms with E-state index in [1.807, 2.05) is 12.3 Å². The Balaban J connectivity index is 1.57. The highest BCUT2D eigenvalue weighted by Crippen LogP contribution is 2.20. The van der Waals surface area contributed by atoms with Crippen molar-refractivity contribution >= 4 is 15.7 Å². The molecule has 2 atom stereocenters. The average molecular weight is 341 g/mol. The summed E-state index contributed by atoms with van der Waals surface area (Å²) in [5, 5.41) is 4.16. The molecule has 128 valence electrons. The highest BCUT2D eigenvalue weighted by Gasteiger charge is 2.33. The van der Waals surface area contributed by atoms with Crippen LogP contribution in [0, 0.1) is 0 Å². The Morgan fingerprint density at radius 3 is 2.87 bits per heavy atom. The van der Waals surface area contributed by atoms with Crippen molar-refractivity contribution in [1.82, 2.24) is 14.7 Å². The van der Waals surface area contributed by atoms with Crippen LogP contribution in [0.4, 0.5) is 0 Å². The second-order valence-corrected chi connectivity index (χ2v) is 8.41. The lowest BCUT2D eigenvalue weighted by Gasteiger charge is -2.25. The number of nitrogens with zero attached hydrogens (tertiary/aromatic N) is 3. The van der Waals surface area contributed by atoms with Gasteiger partial charge in [0, 0.05) is 25.5 Å². The zero-order valence-electron chi connectivity index (χ0n) is 13.1. The van der Waals surface area contributed by atoms with E-state index >= 15 is 0 Å². The Bertz CT molecular complexity index is 623. The Morgan fingerprint density at radius 2 is 2.17 bits per heavy atom. The molecule has 23 heavy (non-hydrogen) atoms. The van der Waals surface area contributed by atoms with E-state index < -0.39 is 15.6 Å². The summed E-state index contributed by atoms with van der Waals surface area (Å²) in [7, 11) is -3.43. The molecular formula is C15H23N3O4S. The molecule has 0 unspecified atom stereocenters. The Labute approximate surface area is 136 Å². The van der Waals surface area contributed by atoms with Gasteiger partial charge in [0.15, 0.2) is 9.84 Å². The topological polar surface area (TPSA) is 81.5 Å². The Kier molecular flexibility index (Phi) is 5.01. The molecule has 1 aromatic heterocycles. The van der Waals surface area contributed by atoms with Gasteiger partial charge in [0.1, 0.15) is 5.75 Å². The molecule has 1 amide bonds. The van der Waals surface area contributed by atoms with Gasteiger partial charge in [-0.3, -0.25) is 9.48 Å². The summed E-state index contributed by atoms with van der Waals surface area (Å²) in [5.74, 6) is -0.753. The zero-order chi connectivity index (χ0) is 16.3. The molecule has 2 aliphatic heterocycles. The number of hydrogen-bond acceptors (Lipinski definition) is 5. The number of carbonyl (C=O) groups excluding carboxylic acids is 1. The molecule has 8 heteroatoms. The number of amides is 1. The van der Waals surface area contributed by atoms with Crippen LogP contribution in [0.1, 0.15) is 25.7 Å². The van der Waals surface area contributed by atoms with Crippen molar-refractivity contribution in [3.63, 3.8) is 0 Å². The Morgan fingerprint density at radius 1 is 1.30 bits per heavy atom. The second-order valence-electron chi connectivity index (χ2n) is 6.30. The molecule has 2 aliphatic rings. The van der Waals surface area contributed by atoms with Crippen molar-refractivity contribution in [2.24, 2.45) is 0 Å². The first kappa shape index (κ1) is 16.4. The first-order chi connectivity index (χ1) is 11.0. The maximum Gasteiger partial charge on any atom is 0.238 e. The van der Waals surface area contributed by atoms with E-state index in [9.17, 15) is 13.2 Å². The second kappa shape index (κ2) is 7.00. The monoisotopic (exact) mass is 341 g/mol. The van der Waals surface area contributed by atoms with Crippen LogP contribution in [0.25, 0.3) is 0 Å². The third kappa shape index (κ3) is 4.32. The van der Waals surface area contributed by atoms with Crippen LogP contribution in [-0.2, 0) is 25.9 Å². The summed E-state index contributed by atoms with van der Waals surface area (Å²) in [4.78, 5) is 14.2. The number of rotatable bonds is 6. The molecule has 1 aromatic rings. The standard InChI is InChI=1S/C15H23N3O4S/c19-15(12-23(20,21)11-14-5-2-9-22-14)18-8-1-4-13(18)10-17-7-3-6-16-17/h3,6-7,13-14H,1-2,4-5,8-12H2/t13-,14+/m1/s1. The molecule has 7 nitrogen and oxygen atoms in total. The van der Waals surface area contributed by atoms with E-state index in [0.717, 1.165) is 25.7 Å². The summed E-state index contributed by atoms with van der Waals surface area (Å²) in [6.45, 7) is 1.86. The van der Waals surface area contributed by atoms with E-state index in [2.05, 4.69) is 5.10 Å². The third-order valence-electron chi connectivity index (χ3n) is 4.46. The highest BCUT2D eigenvalue weighted by atomic mass is 32.2. The predicted octanol–water partition coefficient (Wildman–Crippen LogP) is 0.468. The first-order valence-electron chi connectivity index (χ1n) is 8.12. The largest absolute Gasteiger partial charge is 0.377 e. The zero-order valence-corrected chi connectivity index (χ0v) is 14.0. The van der Waals surface area contributed by atoms with Crippen molar-refractivity contribution in [2.45, 2.75) is 44.4 Å². The number of hydrogen-bond donors (Lipinski definition) is 0. The van der Waals surface area contributed by atoms with E-state index in [4.69, 9.17) is 4.74 Å². The highest BCUT2D eigenvalue weighted by molar-refractivity contribution is 7.92. The lowest BCUT2D eigenvalue weighted by molar-refractivity contribution is -0.129. The predicted molar refractivity (Wildman–Crippen MR) is 84.6 cm³/mol. The molecule has 0 bridgehead atoms. The quantitative estimate of drug-likeness (QED) is 0.751. The molecule has 0 radical (unpaired) electrons. The van der Waals surface area contributed by atoms with Gasteiger partial charge < -0.3 is 9.64 Å². The summed E-state index contributed by atoms with van der Waals surface area (Å²) >= 11 is 0. The minimum atomic E-state index is -3.43. The maximum atomic E-state index is 12.4. The molecule has 0 saturated carbocycles. The van der Waals surface area contributed by atoms with Gasteiger partial charge in [-0.25, -0.2) is 8.42 Å². The smallest absolute Gasteiger partial charge is 0.238 e. The van der Waals surface area contributed by atoms with Crippen molar-refractivity contribution < 1.29 is 17.9 Å². The maximum absolute atomic E-state index is 12.4. The summed E-state index contributed by atoms with van der Waals surface area (Å²) in [6, 6.07) is 1.87. The number of likely N-dealkylation sites (tertiary alicyclic amines) is 1. The van der Waals surface area contributed by atoms with Gasteiger partial charge in [-0.15, -0.1) is 0 Å². The number of carbonyl (C=O) groups is 1. The van der Waals surface area contributed by atoms with Crippen LogP contribution in [-0.4, -0.2) is 65.8 Å². The van der Waals surface area contributed by atoms with Crippen LogP contribution in [0.2, 0.25) is 0 Å². The van der Waals surface area contributed by atoms with Crippen LogP contribution < -0.4 is 0 Å². The van der Waals surface area contributed by atoms with Gasteiger partial charge in [0.2, 0.25) is 5.91 Å². The molecule has 0 aromatic carbocycles. The fourth-order valence-corrected chi connectivity index (χ4v) is 4.86. The van der Waals surface area contributed by atoms with Crippen LogP contribution in [0.5, 0.6) is 0 Å². The number of ether oxygens (including phenoxy) is 1. The van der Waals surface area contributed by atoms with Gasteiger partial charge in [-0.05, 0) is 31.7 Å². The van der Waals surface area contributed by atoms with Crippen molar-refractivity contribution in [2.75, 3.05) is 24.7 Å². The molecule has 0 spiro atoms. The molecular weight excluding hydrogens is 318 g/mol. The molecule has 3 rings (SSSR count). The van der Waals surface area contributed by atoms with Crippen LogP contribution in [0.3, 0.4) is 0 Å². The van der Waals surface area contributed by atoms with Crippen LogP contribution in [0.15, 0.2) is 18.5 Å². The normalized spacial score (nSPS) is 25.1. The first-order valence-corrected chi connectivity index (χ1v) is 9.94. The fourth-order valence-electron chi connectivity index (χ4n) is 3.37. The SMILES string of the molecule is O=C(CS(=O)(=O)C[C@@H]1CCCO1)N1CCC[C@@H]1Cn1cccn1. The van der Waals surface area contributed by atoms with E-state index in [1.54, 1.807) is 15.8 Å². The fraction of sp³-hybridized carbons (Fsp3) is 0.733. The summed E-state index contributed by atoms with van der Waals surface area (Å²) < 4.78 is 31.6. The van der Waals surface area contributed by atoms with E-state index in [-0.39, 0.29) is 23.8 Å². The van der Waals surface area contributed by atoms with Crippen LogP contribution >= 0.6 is 0 Å². The number of aromatic nitrogens is 2. The molecule has 0 N–H and O–H groups in total. The van der Waals surface area contributed by atoms with Gasteiger partial charge in [-0.1, -0.05) is 0 Å². The molecule has 2 fully saturated rings. The minimum Gasteiger partial charge on any atom is -0.377 e. The van der Waals surface area contributed by atoms with Crippen molar-refractivity contribution in [3.05, 3.63) is 18.5 Å². The van der Waals surface area contributed by atoms with E-state index in [1.165, 1.54) is 0 Å². The van der Waals surface area contributed by atoms with E-state index in [0.29, 0.717) is 19.7 Å². The van der Waals surface area contributed by atoms with Gasteiger partial charge in [0.25, 0.3) is 0 Å². The summed E-state index contributed by atoms with van der Waals surface area (Å²) in [5.41, 5.74) is 0. The number of sulfone groups is 1. The average Bonchev–Trinajstić information content (AvgIpc) is 3.19.